The Kier molecular flexibility index (Phi) is 8.91. The first-order valence-electron chi connectivity index (χ1n) is 10.00. The molecule has 1 unspecified atom stereocenters. The third-order valence-electron chi connectivity index (χ3n) is 5.14. The average molecular weight is 413 g/mol. The Bertz CT molecular complexity index is 645. The Morgan fingerprint density at radius 3 is 2.44 bits per heavy atom. The normalized spacial score (nSPS) is 16.0. The molecule has 0 radical (unpaired) electrons. The average Bonchev–Trinajstić information content (AvgIpc) is 2.65. The Morgan fingerprint density at radius 1 is 1.15 bits per heavy atom. The van der Waals surface area contributed by atoms with Crippen LogP contribution in [0.5, 0.6) is 0 Å². The molecule has 6 heteroatoms. The van der Waals surface area contributed by atoms with E-state index in [1.165, 1.54) is 6.42 Å². The minimum Gasteiger partial charge on any atom is -0.352 e. The van der Waals surface area contributed by atoms with Gasteiger partial charge in [-0.05, 0) is 43.4 Å². The fraction of sp³-hybridized carbons (Fsp3) is 0.619. The molecular formula is C21H30Cl2N2O2. The van der Waals surface area contributed by atoms with Gasteiger partial charge in [-0.1, -0.05) is 62.4 Å². The molecule has 2 amide bonds. The molecule has 1 atom stereocenters. The van der Waals surface area contributed by atoms with Gasteiger partial charge in [-0.3, -0.25) is 9.59 Å². The minimum atomic E-state index is -0.472. The Hall–Kier alpha value is -1.26. The Balaban J connectivity index is 2.16. The summed E-state index contributed by atoms with van der Waals surface area (Å²) in [6.45, 7) is 4.27. The molecule has 1 N–H and O–H groups in total. The van der Waals surface area contributed by atoms with E-state index < -0.39 is 6.04 Å². The predicted octanol–water partition coefficient (Wildman–Crippen LogP) is 5.35. The quantitative estimate of drug-likeness (QED) is 0.625. The van der Waals surface area contributed by atoms with E-state index in [2.05, 4.69) is 5.32 Å². The van der Waals surface area contributed by atoms with Gasteiger partial charge >= 0.3 is 0 Å². The second-order valence-electron chi connectivity index (χ2n) is 7.29. The van der Waals surface area contributed by atoms with Gasteiger partial charge in [0.2, 0.25) is 11.8 Å². The van der Waals surface area contributed by atoms with E-state index in [1.807, 2.05) is 19.9 Å². The molecule has 1 aliphatic rings. The van der Waals surface area contributed by atoms with Crippen molar-refractivity contribution in [3.63, 3.8) is 0 Å². The number of nitrogens with zero attached hydrogens (tertiary/aromatic N) is 1. The van der Waals surface area contributed by atoms with Gasteiger partial charge in [-0.15, -0.1) is 0 Å². The number of hydrogen-bond donors (Lipinski definition) is 1. The van der Waals surface area contributed by atoms with Crippen LogP contribution in [0.15, 0.2) is 18.2 Å². The number of nitrogens with one attached hydrogen (secondary N) is 1. The zero-order chi connectivity index (χ0) is 19.8. The van der Waals surface area contributed by atoms with E-state index >= 15 is 0 Å². The third-order valence-corrected chi connectivity index (χ3v) is 5.88. The van der Waals surface area contributed by atoms with Gasteiger partial charge in [0.25, 0.3) is 0 Å². The molecule has 2 rings (SSSR count). The maximum absolute atomic E-state index is 13.0. The topological polar surface area (TPSA) is 49.4 Å². The molecule has 0 aromatic heterocycles. The van der Waals surface area contributed by atoms with Crippen LogP contribution in [0.4, 0.5) is 0 Å². The van der Waals surface area contributed by atoms with Crippen molar-refractivity contribution in [2.75, 3.05) is 0 Å². The third kappa shape index (κ3) is 6.39. The fourth-order valence-corrected chi connectivity index (χ4v) is 3.98. The molecule has 0 spiro atoms. The van der Waals surface area contributed by atoms with Crippen LogP contribution >= 0.6 is 23.2 Å². The van der Waals surface area contributed by atoms with Gasteiger partial charge in [0.15, 0.2) is 0 Å². The molecule has 1 saturated carbocycles. The van der Waals surface area contributed by atoms with Crippen LogP contribution in [-0.2, 0) is 16.1 Å². The number of halogens is 2. The first-order valence-corrected chi connectivity index (χ1v) is 10.8. The minimum absolute atomic E-state index is 0.00535. The summed E-state index contributed by atoms with van der Waals surface area (Å²) in [5, 5.41) is 4.11. The number of carbonyl (C=O) groups is 2. The van der Waals surface area contributed by atoms with Gasteiger partial charge in [0, 0.05) is 19.0 Å². The highest BCUT2D eigenvalue weighted by atomic mass is 35.5. The number of benzene rings is 1. The van der Waals surface area contributed by atoms with Crippen LogP contribution < -0.4 is 5.32 Å². The predicted molar refractivity (Wildman–Crippen MR) is 111 cm³/mol. The van der Waals surface area contributed by atoms with Gasteiger partial charge in [-0.25, -0.2) is 0 Å². The maximum Gasteiger partial charge on any atom is 0.243 e. The SMILES string of the molecule is CCCC(=O)N(Cc1ccc(Cl)c(Cl)c1)C(CC)C(=O)NC1CCCCC1. The Morgan fingerprint density at radius 2 is 1.85 bits per heavy atom. The molecular weight excluding hydrogens is 383 g/mol. The van der Waals surface area contributed by atoms with Gasteiger partial charge < -0.3 is 10.2 Å². The molecule has 1 aliphatic carbocycles. The number of hydrogen-bond acceptors (Lipinski definition) is 2. The van der Waals surface area contributed by atoms with Crippen LogP contribution in [0.2, 0.25) is 10.0 Å². The highest BCUT2D eigenvalue weighted by Gasteiger charge is 2.29. The summed E-state index contributed by atoms with van der Waals surface area (Å²) in [6.07, 6.45) is 7.35. The molecule has 0 bridgehead atoms. The van der Waals surface area contributed by atoms with Gasteiger partial charge in [0.05, 0.1) is 10.0 Å². The van der Waals surface area contributed by atoms with Crippen molar-refractivity contribution in [1.82, 2.24) is 10.2 Å². The van der Waals surface area contributed by atoms with Crippen LogP contribution in [0.3, 0.4) is 0 Å². The summed E-state index contributed by atoms with van der Waals surface area (Å²) in [6, 6.07) is 5.10. The fourth-order valence-electron chi connectivity index (χ4n) is 3.66. The van der Waals surface area contributed by atoms with Crippen LogP contribution in [0.25, 0.3) is 0 Å². The summed E-state index contributed by atoms with van der Waals surface area (Å²) in [7, 11) is 0. The summed E-state index contributed by atoms with van der Waals surface area (Å²) in [5.74, 6) is -0.0527. The highest BCUT2D eigenvalue weighted by Crippen LogP contribution is 2.24. The molecule has 0 saturated heterocycles. The first kappa shape index (κ1) is 22.0. The second kappa shape index (κ2) is 10.9. The standard InChI is InChI=1S/C21H30Cl2N2O2/c1-3-8-20(26)25(14-15-11-12-17(22)18(23)13-15)19(4-2)21(27)24-16-9-6-5-7-10-16/h11-13,16,19H,3-10,14H2,1-2H3,(H,24,27). The van der Waals surface area contributed by atoms with Crippen molar-refractivity contribution in [3.05, 3.63) is 33.8 Å². The van der Waals surface area contributed by atoms with Crippen molar-refractivity contribution in [3.8, 4) is 0 Å². The monoisotopic (exact) mass is 412 g/mol. The molecule has 1 aromatic carbocycles. The van der Waals surface area contributed by atoms with Gasteiger partial charge in [0.1, 0.15) is 6.04 Å². The lowest BCUT2D eigenvalue weighted by Gasteiger charge is -2.33. The molecule has 27 heavy (non-hydrogen) atoms. The van der Waals surface area contributed by atoms with Crippen LogP contribution in [0, 0.1) is 0 Å². The largest absolute Gasteiger partial charge is 0.352 e. The van der Waals surface area contributed by atoms with E-state index in [0.29, 0.717) is 29.4 Å². The maximum atomic E-state index is 13.0. The van der Waals surface area contributed by atoms with Crippen LogP contribution in [-0.4, -0.2) is 28.8 Å². The molecule has 150 valence electrons. The summed E-state index contributed by atoms with van der Waals surface area (Å²) in [4.78, 5) is 27.4. The number of rotatable bonds is 8. The molecule has 1 aromatic rings. The second-order valence-corrected chi connectivity index (χ2v) is 8.10. The number of carbonyl (C=O) groups excluding carboxylic acids is 2. The van der Waals surface area contributed by atoms with Crippen LogP contribution in [0.1, 0.15) is 70.8 Å². The zero-order valence-corrected chi connectivity index (χ0v) is 17.8. The van der Waals surface area contributed by atoms with Crippen molar-refractivity contribution in [2.45, 2.75) is 83.8 Å². The summed E-state index contributed by atoms with van der Waals surface area (Å²) in [5.41, 5.74) is 0.873. The molecule has 4 nitrogen and oxygen atoms in total. The van der Waals surface area contributed by atoms with Gasteiger partial charge in [-0.2, -0.15) is 0 Å². The van der Waals surface area contributed by atoms with Crippen molar-refractivity contribution in [2.24, 2.45) is 0 Å². The number of amides is 2. The first-order chi connectivity index (χ1) is 13.0. The van der Waals surface area contributed by atoms with E-state index in [0.717, 1.165) is 37.7 Å². The van der Waals surface area contributed by atoms with Crippen molar-refractivity contribution < 1.29 is 9.59 Å². The molecule has 1 fully saturated rings. The smallest absolute Gasteiger partial charge is 0.243 e. The molecule has 0 heterocycles. The summed E-state index contributed by atoms with van der Waals surface area (Å²) >= 11 is 12.1. The zero-order valence-electron chi connectivity index (χ0n) is 16.3. The van der Waals surface area contributed by atoms with E-state index in [1.54, 1.807) is 17.0 Å². The molecule has 0 aliphatic heterocycles. The summed E-state index contributed by atoms with van der Waals surface area (Å²) < 4.78 is 0. The van der Waals surface area contributed by atoms with E-state index in [9.17, 15) is 9.59 Å². The lowest BCUT2D eigenvalue weighted by atomic mass is 9.95. The van der Waals surface area contributed by atoms with Crippen molar-refractivity contribution >= 4 is 35.0 Å². The lowest BCUT2D eigenvalue weighted by Crippen LogP contribution is -2.51. The van der Waals surface area contributed by atoms with Crippen molar-refractivity contribution in [1.29, 1.82) is 0 Å². The highest BCUT2D eigenvalue weighted by molar-refractivity contribution is 6.42. The van der Waals surface area contributed by atoms with E-state index in [4.69, 9.17) is 23.2 Å². The van der Waals surface area contributed by atoms with E-state index in [-0.39, 0.29) is 17.9 Å². The Labute approximate surface area is 172 Å². The lowest BCUT2D eigenvalue weighted by molar-refractivity contribution is -0.141.